The van der Waals surface area contributed by atoms with E-state index < -0.39 is 0 Å². The van der Waals surface area contributed by atoms with Crippen molar-refractivity contribution in [1.29, 1.82) is 0 Å². The molecular weight excluding hydrogens is 278 g/mol. The molecular formula is C16H21N5O. The van der Waals surface area contributed by atoms with Crippen LogP contribution in [-0.4, -0.2) is 45.8 Å². The molecule has 0 radical (unpaired) electrons. The summed E-state index contributed by atoms with van der Waals surface area (Å²) in [6, 6.07) is 5.85. The van der Waals surface area contributed by atoms with Crippen molar-refractivity contribution >= 4 is 23.0 Å². The van der Waals surface area contributed by atoms with Gasteiger partial charge in [0.15, 0.2) is 0 Å². The number of fused-ring (bicyclic) bond motifs is 1. The van der Waals surface area contributed by atoms with Crippen LogP contribution >= 0.6 is 0 Å². The Hall–Kier alpha value is -2.05. The fourth-order valence-corrected chi connectivity index (χ4v) is 3.11. The molecule has 6 heteroatoms. The Balaban J connectivity index is 1.87. The highest BCUT2D eigenvalue weighted by molar-refractivity contribution is 5.88. The van der Waals surface area contributed by atoms with Crippen LogP contribution < -0.4 is 11.1 Å². The number of aromatic nitrogens is 2. The summed E-state index contributed by atoms with van der Waals surface area (Å²) in [4.78, 5) is 22.0. The standard InChI is InChI=1S/C16H21N5O/c1-16(2)14(9-22)21(6-5-20-16)8-11-3-4-12-13(7-11)18-10-19-15(12)17/h3-4,7,9-10,14,20H,5-6,8H2,1-2H3,(H2,17,18,19). The fraction of sp³-hybridized carbons (Fsp3) is 0.438. The molecule has 3 N–H and O–H groups in total. The van der Waals surface area contributed by atoms with Gasteiger partial charge in [-0.1, -0.05) is 6.07 Å². The van der Waals surface area contributed by atoms with Crippen LogP contribution in [0.25, 0.3) is 10.9 Å². The molecule has 0 spiro atoms. The number of aldehydes is 1. The van der Waals surface area contributed by atoms with Crippen LogP contribution in [0.1, 0.15) is 19.4 Å². The SMILES string of the molecule is CC1(C)NCCN(Cc2ccc3c(N)ncnc3c2)C1C=O. The molecule has 1 aliphatic heterocycles. The predicted octanol–water partition coefficient (Wildman–Crippen LogP) is 0.963. The largest absolute Gasteiger partial charge is 0.383 e. The average Bonchev–Trinajstić information content (AvgIpc) is 2.47. The van der Waals surface area contributed by atoms with Crippen molar-refractivity contribution in [2.45, 2.75) is 32.0 Å². The molecule has 116 valence electrons. The minimum Gasteiger partial charge on any atom is -0.383 e. The summed E-state index contributed by atoms with van der Waals surface area (Å²) in [6.45, 7) is 6.56. The zero-order valence-electron chi connectivity index (χ0n) is 12.9. The van der Waals surface area contributed by atoms with Gasteiger partial charge in [0.05, 0.1) is 11.6 Å². The monoisotopic (exact) mass is 299 g/mol. The van der Waals surface area contributed by atoms with Crippen LogP contribution in [-0.2, 0) is 11.3 Å². The number of carbonyl (C=O) groups is 1. The van der Waals surface area contributed by atoms with Crippen LogP contribution in [0.2, 0.25) is 0 Å². The summed E-state index contributed by atoms with van der Waals surface area (Å²) >= 11 is 0. The number of benzene rings is 1. The first-order chi connectivity index (χ1) is 10.5. The van der Waals surface area contributed by atoms with Gasteiger partial charge >= 0.3 is 0 Å². The van der Waals surface area contributed by atoms with Gasteiger partial charge in [0.25, 0.3) is 0 Å². The number of nitrogens with zero attached hydrogens (tertiary/aromatic N) is 3. The molecule has 1 saturated heterocycles. The number of hydrogen-bond acceptors (Lipinski definition) is 6. The van der Waals surface area contributed by atoms with E-state index in [1.54, 1.807) is 0 Å². The van der Waals surface area contributed by atoms with Crippen LogP contribution in [0, 0.1) is 0 Å². The van der Waals surface area contributed by atoms with Crippen molar-refractivity contribution in [2.75, 3.05) is 18.8 Å². The zero-order chi connectivity index (χ0) is 15.7. The Morgan fingerprint density at radius 1 is 1.45 bits per heavy atom. The number of nitrogen functional groups attached to an aromatic ring is 1. The summed E-state index contributed by atoms with van der Waals surface area (Å²) in [6.07, 6.45) is 2.51. The van der Waals surface area contributed by atoms with Crippen LogP contribution in [0.4, 0.5) is 5.82 Å². The molecule has 2 aromatic rings. The van der Waals surface area contributed by atoms with Gasteiger partial charge in [-0.05, 0) is 31.5 Å². The molecule has 1 aromatic carbocycles. The summed E-state index contributed by atoms with van der Waals surface area (Å²) in [5.74, 6) is 0.491. The van der Waals surface area contributed by atoms with Crippen molar-refractivity contribution in [3.8, 4) is 0 Å². The lowest BCUT2D eigenvalue weighted by Crippen LogP contribution is -2.64. The lowest BCUT2D eigenvalue weighted by atomic mass is 9.91. The summed E-state index contributed by atoms with van der Waals surface area (Å²) < 4.78 is 0. The second-order valence-electron chi connectivity index (χ2n) is 6.31. The molecule has 6 nitrogen and oxygen atoms in total. The number of nitrogens with two attached hydrogens (primary N) is 1. The molecule has 0 amide bonds. The highest BCUT2D eigenvalue weighted by atomic mass is 16.1. The van der Waals surface area contributed by atoms with Gasteiger partial charge < -0.3 is 15.8 Å². The number of anilines is 1. The molecule has 0 bridgehead atoms. The molecule has 3 rings (SSSR count). The molecule has 2 heterocycles. The van der Waals surface area contributed by atoms with Gasteiger partial charge in [0.2, 0.25) is 0 Å². The number of piperazine rings is 1. The first kappa shape index (κ1) is 14.9. The highest BCUT2D eigenvalue weighted by Crippen LogP contribution is 2.23. The van der Waals surface area contributed by atoms with Crippen LogP contribution in [0.15, 0.2) is 24.5 Å². The topological polar surface area (TPSA) is 84.1 Å². The van der Waals surface area contributed by atoms with E-state index >= 15 is 0 Å². The molecule has 1 fully saturated rings. The van der Waals surface area contributed by atoms with E-state index in [9.17, 15) is 4.79 Å². The Bertz CT molecular complexity index is 700. The van der Waals surface area contributed by atoms with Crippen molar-refractivity contribution < 1.29 is 4.79 Å². The predicted molar refractivity (Wildman–Crippen MR) is 86.3 cm³/mol. The number of hydrogen-bond donors (Lipinski definition) is 2. The molecule has 0 aliphatic carbocycles. The van der Waals surface area contributed by atoms with Gasteiger partial charge in [-0.15, -0.1) is 0 Å². The van der Waals surface area contributed by atoms with Crippen LogP contribution in [0.5, 0.6) is 0 Å². The number of nitrogens with one attached hydrogen (secondary N) is 1. The Morgan fingerprint density at radius 3 is 3.05 bits per heavy atom. The van der Waals surface area contributed by atoms with Crippen molar-refractivity contribution in [3.63, 3.8) is 0 Å². The molecule has 22 heavy (non-hydrogen) atoms. The summed E-state index contributed by atoms with van der Waals surface area (Å²) in [7, 11) is 0. The smallest absolute Gasteiger partial charge is 0.139 e. The maximum Gasteiger partial charge on any atom is 0.139 e. The quantitative estimate of drug-likeness (QED) is 0.821. The van der Waals surface area contributed by atoms with E-state index in [0.29, 0.717) is 12.4 Å². The Labute approximate surface area is 129 Å². The van der Waals surface area contributed by atoms with Crippen molar-refractivity contribution in [2.24, 2.45) is 0 Å². The van der Waals surface area contributed by atoms with Crippen molar-refractivity contribution in [3.05, 3.63) is 30.1 Å². The minimum absolute atomic E-state index is 0.146. The third-order valence-corrected chi connectivity index (χ3v) is 4.36. The van der Waals surface area contributed by atoms with Gasteiger partial charge in [0, 0.05) is 30.6 Å². The minimum atomic E-state index is -0.219. The second kappa shape index (κ2) is 5.62. The first-order valence-electron chi connectivity index (χ1n) is 7.45. The second-order valence-corrected chi connectivity index (χ2v) is 6.31. The third kappa shape index (κ3) is 2.67. The zero-order valence-corrected chi connectivity index (χ0v) is 12.9. The lowest BCUT2D eigenvalue weighted by molar-refractivity contribution is -0.116. The lowest BCUT2D eigenvalue weighted by Gasteiger charge is -2.44. The van der Waals surface area contributed by atoms with E-state index in [1.165, 1.54) is 6.33 Å². The maximum atomic E-state index is 11.5. The van der Waals surface area contributed by atoms with E-state index in [2.05, 4.69) is 34.0 Å². The van der Waals surface area contributed by atoms with Crippen LogP contribution in [0.3, 0.4) is 0 Å². The van der Waals surface area contributed by atoms with Gasteiger partial charge in [-0.3, -0.25) is 4.90 Å². The number of rotatable bonds is 3. The summed E-state index contributed by atoms with van der Waals surface area (Å²) in [5, 5.41) is 4.26. The molecule has 1 aromatic heterocycles. The highest BCUT2D eigenvalue weighted by Gasteiger charge is 2.36. The van der Waals surface area contributed by atoms with Crippen molar-refractivity contribution in [1.82, 2.24) is 20.2 Å². The first-order valence-corrected chi connectivity index (χ1v) is 7.45. The average molecular weight is 299 g/mol. The maximum absolute atomic E-state index is 11.5. The Morgan fingerprint density at radius 2 is 2.27 bits per heavy atom. The fourth-order valence-electron chi connectivity index (χ4n) is 3.11. The number of carbonyl (C=O) groups excluding carboxylic acids is 1. The normalized spacial score (nSPS) is 21.8. The van der Waals surface area contributed by atoms with E-state index in [-0.39, 0.29) is 11.6 Å². The molecule has 1 unspecified atom stereocenters. The van der Waals surface area contributed by atoms with E-state index in [1.807, 2.05) is 18.2 Å². The summed E-state index contributed by atoms with van der Waals surface area (Å²) in [5.41, 5.74) is 7.59. The third-order valence-electron chi connectivity index (χ3n) is 4.36. The van der Waals surface area contributed by atoms with E-state index in [0.717, 1.165) is 35.8 Å². The molecule has 1 aliphatic rings. The van der Waals surface area contributed by atoms with Gasteiger partial charge in [-0.2, -0.15) is 0 Å². The molecule has 0 saturated carbocycles. The van der Waals surface area contributed by atoms with E-state index in [4.69, 9.17) is 5.73 Å². The van der Waals surface area contributed by atoms with Gasteiger partial charge in [-0.25, -0.2) is 9.97 Å². The molecule has 1 atom stereocenters. The Kier molecular flexibility index (Phi) is 3.80. The van der Waals surface area contributed by atoms with Gasteiger partial charge in [0.1, 0.15) is 18.4 Å².